The van der Waals surface area contributed by atoms with Crippen LogP contribution in [0.5, 0.6) is 0 Å². The van der Waals surface area contributed by atoms with E-state index in [0.717, 1.165) is 48.8 Å². The van der Waals surface area contributed by atoms with E-state index in [4.69, 9.17) is 10.5 Å². The molecule has 10 heteroatoms. The van der Waals surface area contributed by atoms with Crippen molar-refractivity contribution in [3.63, 3.8) is 0 Å². The first kappa shape index (κ1) is 31.9. The number of aliphatic hydroxyl groups excluding tert-OH is 3. The van der Waals surface area contributed by atoms with Crippen molar-refractivity contribution in [1.29, 1.82) is 0 Å². The summed E-state index contributed by atoms with van der Waals surface area (Å²) in [6.45, 7) is 5.70. The Hall–Kier alpha value is -2.63. The van der Waals surface area contributed by atoms with Crippen molar-refractivity contribution in [2.75, 3.05) is 12.8 Å². The Balaban J connectivity index is 1.48. The normalized spacial score (nSPS) is 23.0. The molecule has 0 radical (unpaired) electrons. The molecule has 3 rings (SSSR count). The van der Waals surface area contributed by atoms with Crippen molar-refractivity contribution in [3.05, 3.63) is 70.3 Å². The number of urea groups is 1. The van der Waals surface area contributed by atoms with E-state index in [2.05, 4.69) is 34.9 Å². The zero-order valence-corrected chi connectivity index (χ0v) is 24.5. The largest absolute Gasteiger partial charge is 0.387 e. The third-order valence-corrected chi connectivity index (χ3v) is 8.25. The van der Waals surface area contributed by atoms with Gasteiger partial charge in [0.25, 0.3) is 0 Å². The van der Waals surface area contributed by atoms with Gasteiger partial charge in [0.2, 0.25) is 5.91 Å². The zero-order valence-electron chi connectivity index (χ0n) is 23.7. The SMILES string of the molecule is CS[C@H]1O[C@@H](c2ccc(C)c(Cc3ccc(CCCCCNC(=O)NC(C)(C)C(N)=O)cc3)c2)[C@H](O)[C@@H](O)[C@@H]1O. The molecule has 1 aliphatic heterocycles. The summed E-state index contributed by atoms with van der Waals surface area (Å²) < 4.78 is 5.94. The van der Waals surface area contributed by atoms with Gasteiger partial charge in [0.1, 0.15) is 35.4 Å². The number of aliphatic hydroxyl groups is 3. The van der Waals surface area contributed by atoms with E-state index in [0.29, 0.717) is 6.54 Å². The maximum absolute atomic E-state index is 11.9. The monoisotopic (exact) mass is 573 g/mol. The van der Waals surface area contributed by atoms with Gasteiger partial charge < -0.3 is 36.4 Å². The summed E-state index contributed by atoms with van der Waals surface area (Å²) in [4.78, 5) is 23.2. The molecule has 0 spiro atoms. The first-order chi connectivity index (χ1) is 18.9. The minimum absolute atomic E-state index is 0.400. The van der Waals surface area contributed by atoms with Crippen LogP contribution in [0.1, 0.15) is 67.0 Å². The predicted molar refractivity (Wildman–Crippen MR) is 157 cm³/mol. The molecular formula is C30H43N3O6S. The number of thioether (sulfide) groups is 1. The fraction of sp³-hybridized carbons (Fsp3) is 0.533. The highest BCUT2D eigenvalue weighted by Crippen LogP contribution is 2.36. The Bertz CT molecular complexity index is 1140. The highest BCUT2D eigenvalue weighted by Gasteiger charge is 2.44. The molecule has 0 aromatic heterocycles. The number of benzene rings is 2. The third-order valence-electron chi connectivity index (χ3n) is 7.39. The molecule has 1 heterocycles. The molecule has 7 N–H and O–H groups in total. The number of rotatable bonds is 12. The number of amides is 3. The van der Waals surface area contributed by atoms with Crippen LogP contribution < -0.4 is 16.4 Å². The number of hydrogen-bond acceptors (Lipinski definition) is 7. The number of carbonyl (C=O) groups is 2. The van der Waals surface area contributed by atoms with Gasteiger partial charge in [-0.3, -0.25) is 4.79 Å². The number of nitrogens with two attached hydrogens (primary N) is 1. The molecule has 0 bridgehead atoms. The van der Waals surface area contributed by atoms with Crippen LogP contribution >= 0.6 is 11.8 Å². The Morgan fingerprint density at radius 1 is 0.975 bits per heavy atom. The molecule has 0 unspecified atom stereocenters. The second-order valence-corrected chi connectivity index (χ2v) is 11.9. The Morgan fingerprint density at radius 3 is 2.30 bits per heavy atom. The minimum atomic E-state index is -1.27. The standard InChI is InChI=1S/C30H43N3O6S/c1-18-9-14-21(26-24(35)23(34)25(36)27(39-26)40-4)17-22(18)16-20-12-10-19(11-13-20)8-6-5-7-15-32-29(38)33-30(2,3)28(31)37/h9-14,17,23-27,34-36H,5-8,15-16H2,1-4H3,(H2,31,37)(H2,32,33,38)/t23-,24-,25+,26+,27-/m1/s1. The van der Waals surface area contributed by atoms with Crippen LogP contribution in [0.3, 0.4) is 0 Å². The first-order valence-corrected chi connectivity index (χ1v) is 15.0. The lowest BCUT2D eigenvalue weighted by atomic mass is 9.91. The van der Waals surface area contributed by atoms with Crippen LogP contribution in [0.25, 0.3) is 0 Å². The number of unbranched alkanes of at least 4 members (excludes halogenated alkanes) is 2. The maximum Gasteiger partial charge on any atom is 0.315 e. The zero-order chi connectivity index (χ0) is 29.4. The van der Waals surface area contributed by atoms with Gasteiger partial charge in [0.15, 0.2) is 0 Å². The van der Waals surface area contributed by atoms with Crippen molar-refractivity contribution in [1.82, 2.24) is 10.6 Å². The average Bonchev–Trinajstić information content (AvgIpc) is 2.91. The molecule has 1 saturated heterocycles. The lowest BCUT2D eigenvalue weighted by molar-refractivity contribution is -0.200. The molecular weight excluding hydrogens is 530 g/mol. The summed E-state index contributed by atoms with van der Waals surface area (Å²) in [6.07, 6.45) is 1.92. The van der Waals surface area contributed by atoms with E-state index < -0.39 is 47.3 Å². The molecule has 1 fully saturated rings. The van der Waals surface area contributed by atoms with Crippen molar-refractivity contribution in [3.8, 4) is 0 Å². The van der Waals surface area contributed by atoms with Crippen LogP contribution in [0.15, 0.2) is 42.5 Å². The van der Waals surface area contributed by atoms with Gasteiger partial charge in [0, 0.05) is 6.54 Å². The summed E-state index contributed by atoms with van der Waals surface area (Å²) in [5, 5.41) is 36.4. The smallest absolute Gasteiger partial charge is 0.315 e. The third kappa shape index (κ3) is 8.44. The van der Waals surface area contributed by atoms with Crippen LogP contribution in [-0.4, -0.2) is 69.3 Å². The van der Waals surface area contributed by atoms with Crippen molar-refractivity contribution >= 4 is 23.7 Å². The van der Waals surface area contributed by atoms with E-state index in [1.54, 1.807) is 20.1 Å². The summed E-state index contributed by atoms with van der Waals surface area (Å²) in [6, 6.07) is 14.1. The maximum atomic E-state index is 11.9. The molecule has 5 atom stereocenters. The second-order valence-electron chi connectivity index (χ2n) is 11.0. The van der Waals surface area contributed by atoms with E-state index in [9.17, 15) is 24.9 Å². The van der Waals surface area contributed by atoms with Crippen LogP contribution in [0, 0.1) is 6.92 Å². The molecule has 220 valence electrons. The lowest BCUT2D eigenvalue weighted by Gasteiger charge is -2.40. The van der Waals surface area contributed by atoms with E-state index in [1.807, 2.05) is 25.1 Å². The lowest BCUT2D eigenvalue weighted by Crippen LogP contribution is -2.55. The number of carbonyl (C=O) groups excluding carboxylic acids is 2. The van der Waals surface area contributed by atoms with Crippen LogP contribution in [0.2, 0.25) is 0 Å². The van der Waals surface area contributed by atoms with Gasteiger partial charge in [-0.25, -0.2) is 4.79 Å². The van der Waals surface area contributed by atoms with E-state index in [-0.39, 0.29) is 0 Å². The molecule has 3 amide bonds. The highest BCUT2D eigenvalue weighted by atomic mass is 32.2. The number of aryl methyl sites for hydroxylation is 2. The molecule has 2 aromatic carbocycles. The molecule has 1 aliphatic rings. The molecule has 0 saturated carbocycles. The number of hydrogen-bond donors (Lipinski definition) is 6. The predicted octanol–water partition coefficient (Wildman–Crippen LogP) is 2.70. The van der Waals surface area contributed by atoms with Gasteiger partial charge in [-0.1, -0.05) is 48.9 Å². The first-order valence-electron chi connectivity index (χ1n) is 13.7. The summed E-state index contributed by atoms with van der Waals surface area (Å²) in [7, 11) is 0. The van der Waals surface area contributed by atoms with Crippen molar-refractivity contribution in [2.45, 2.75) is 88.3 Å². The van der Waals surface area contributed by atoms with Gasteiger partial charge in [-0.15, -0.1) is 11.8 Å². The molecule has 40 heavy (non-hydrogen) atoms. The molecule has 9 nitrogen and oxygen atoms in total. The summed E-state index contributed by atoms with van der Waals surface area (Å²) in [5.74, 6) is -0.585. The highest BCUT2D eigenvalue weighted by molar-refractivity contribution is 7.99. The fourth-order valence-electron chi connectivity index (χ4n) is 4.64. The van der Waals surface area contributed by atoms with E-state index in [1.165, 1.54) is 22.9 Å². The Kier molecular flexibility index (Phi) is 11.4. The fourth-order valence-corrected chi connectivity index (χ4v) is 5.31. The number of ether oxygens (including phenoxy) is 1. The van der Waals surface area contributed by atoms with Gasteiger partial charge in [-0.05, 0) is 80.5 Å². The van der Waals surface area contributed by atoms with Crippen molar-refractivity contribution < 1.29 is 29.6 Å². The summed E-state index contributed by atoms with van der Waals surface area (Å²) >= 11 is 1.31. The molecule has 2 aromatic rings. The van der Waals surface area contributed by atoms with Crippen molar-refractivity contribution in [2.24, 2.45) is 5.73 Å². The van der Waals surface area contributed by atoms with Crippen LogP contribution in [-0.2, 0) is 22.4 Å². The quantitative estimate of drug-likeness (QED) is 0.213. The van der Waals surface area contributed by atoms with Crippen LogP contribution in [0.4, 0.5) is 4.79 Å². The van der Waals surface area contributed by atoms with Gasteiger partial charge in [0.05, 0.1) is 0 Å². The average molecular weight is 574 g/mol. The minimum Gasteiger partial charge on any atom is -0.387 e. The Morgan fingerprint density at radius 2 is 1.65 bits per heavy atom. The number of nitrogens with one attached hydrogen (secondary N) is 2. The van der Waals surface area contributed by atoms with E-state index >= 15 is 0 Å². The summed E-state index contributed by atoms with van der Waals surface area (Å²) in [5.41, 5.74) is 8.99. The van der Waals surface area contributed by atoms with Gasteiger partial charge >= 0.3 is 6.03 Å². The number of primary amides is 1. The molecule has 0 aliphatic carbocycles. The van der Waals surface area contributed by atoms with Gasteiger partial charge in [-0.2, -0.15) is 0 Å². The Labute approximate surface area is 240 Å². The second kappa shape index (κ2) is 14.3. The topological polar surface area (TPSA) is 154 Å².